The molecule has 4 heterocycles. The lowest BCUT2D eigenvalue weighted by Crippen LogP contribution is -2.24. The van der Waals surface area contributed by atoms with Gasteiger partial charge in [-0.25, -0.2) is 9.59 Å². The summed E-state index contributed by atoms with van der Waals surface area (Å²) in [6, 6.07) is 42.1. The molecule has 0 saturated carbocycles. The molecule has 2 aliphatic rings. The van der Waals surface area contributed by atoms with Gasteiger partial charge in [-0.1, -0.05) is 91.0 Å². The van der Waals surface area contributed by atoms with Crippen molar-refractivity contribution in [2.45, 2.75) is 21.1 Å². The molecule has 0 radical (unpaired) electrons. The van der Waals surface area contributed by atoms with E-state index in [2.05, 4.69) is 66.5 Å². The monoisotopic (exact) mass is 1730 g/mol. The van der Waals surface area contributed by atoms with E-state index in [1.54, 1.807) is 48.5 Å². The average Bonchev–Trinajstić information content (AvgIpc) is 0.714. The van der Waals surface area contributed by atoms with E-state index in [0.717, 1.165) is 78.9 Å². The molecule has 38 nitrogen and oxygen atoms in total. The van der Waals surface area contributed by atoms with Crippen LogP contribution in [-0.2, 0) is 46.4 Å². The lowest BCUT2D eigenvalue weighted by Gasteiger charge is -2.24. The molecule has 41 heteroatoms. The summed E-state index contributed by atoms with van der Waals surface area (Å²) in [5.74, 6) is -8.54. The van der Waals surface area contributed by atoms with E-state index < -0.39 is 138 Å². The van der Waals surface area contributed by atoms with Crippen LogP contribution in [0.4, 0.5) is 46.3 Å². The van der Waals surface area contributed by atoms with E-state index >= 15 is 0 Å². The Morgan fingerprint density at radius 3 is 1.40 bits per heavy atom. The van der Waals surface area contributed by atoms with Crippen LogP contribution in [0, 0.1) is 0 Å². The summed E-state index contributed by atoms with van der Waals surface area (Å²) in [4.78, 5) is 164. The van der Waals surface area contributed by atoms with Crippen LogP contribution in [0.1, 0.15) is 95.8 Å². The molecule has 12 N–H and O–H groups in total. The number of aromatic amines is 2. The Balaban J connectivity index is 0.732. The number of nitrogens with zero attached hydrogens (tertiary/aromatic N) is 6. The molecule has 0 aliphatic heterocycles. The van der Waals surface area contributed by atoms with Gasteiger partial charge in [-0.3, -0.25) is 52.0 Å². The van der Waals surface area contributed by atoms with Crippen molar-refractivity contribution in [3.8, 4) is 57.3 Å². The molecular weight excluding hydrogens is 1680 g/mol. The maximum Gasteiger partial charge on any atom is 0.335 e. The number of anilines is 8. The number of hydrogen-bond acceptors (Lipinski definition) is 31. The van der Waals surface area contributed by atoms with Gasteiger partial charge in [0.2, 0.25) is 17.8 Å². The van der Waals surface area contributed by atoms with Crippen molar-refractivity contribution in [1.82, 2.24) is 39.9 Å². The van der Waals surface area contributed by atoms with Crippen molar-refractivity contribution in [2.24, 2.45) is 0 Å². The number of carbonyl (C=O) groups is 8. The number of pyridine rings is 2. The van der Waals surface area contributed by atoms with Gasteiger partial charge in [0.05, 0.1) is 60.2 Å². The molecule has 0 atom stereocenters. The van der Waals surface area contributed by atoms with Gasteiger partial charge in [0.15, 0.2) is 23.1 Å². The number of rotatable bonds is 30. The number of benzene rings is 10. The second-order valence-electron chi connectivity index (χ2n) is 27.1. The lowest BCUT2D eigenvalue weighted by molar-refractivity contribution is -0.121. The molecular formula is C83H53N13O25S3. The first-order valence-electron chi connectivity index (χ1n) is 36.2. The predicted octanol–water partition coefficient (Wildman–Crippen LogP) is 10.8. The van der Waals surface area contributed by atoms with Crippen molar-refractivity contribution >= 4 is 146 Å². The van der Waals surface area contributed by atoms with E-state index in [1.807, 2.05) is 0 Å². The number of nitrogens with one attached hydrogen (secondary N) is 7. The highest BCUT2D eigenvalue weighted by molar-refractivity contribution is 7.86. The molecule has 618 valence electrons. The summed E-state index contributed by atoms with van der Waals surface area (Å²) < 4.78 is 131. The fraction of sp³-hybridized carbons (Fsp3) is 0.0361. The predicted molar refractivity (Wildman–Crippen MR) is 439 cm³/mol. The number of carboxylic acids is 2. The molecule has 4 aromatic heterocycles. The molecule has 0 amide bonds. The molecule has 0 fully saturated rings. The number of aromatic nitrogens is 8. The second-order valence-corrected chi connectivity index (χ2v) is 31.3. The third-order valence-electron chi connectivity index (χ3n) is 19.3. The number of fused-ring (bicyclic) bond motifs is 4. The first-order chi connectivity index (χ1) is 59.3. The van der Waals surface area contributed by atoms with Crippen LogP contribution in [0.25, 0.3) is 44.1 Å². The Morgan fingerprint density at radius 1 is 0.403 bits per heavy atom. The summed E-state index contributed by atoms with van der Waals surface area (Å²) >= 11 is 0. The van der Waals surface area contributed by atoms with Crippen LogP contribution in [0.5, 0.6) is 35.0 Å². The highest BCUT2D eigenvalue weighted by Crippen LogP contribution is 2.47. The van der Waals surface area contributed by atoms with E-state index in [1.165, 1.54) is 72.8 Å². The molecule has 16 rings (SSSR count). The number of H-pyrrole nitrogens is 2. The van der Waals surface area contributed by atoms with Crippen LogP contribution in [-0.4, -0.2) is 150 Å². The van der Waals surface area contributed by atoms with Gasteiger partial charge >= 0.3 is 24.0 Å². The standard InChI is InChI=1S/C83H53N13O25S3/c97-37-118-46-28-42(77(105)106)30-48(35-46)120-82-92-62(33-41-27-44(17-23-60(41)123(112,113)114)86-57-21-19-55-65-63(51-13-4-6-15-53(51)73(101)67(57)65)69(75(103)89-55)71(99)39-9-2-1-3-10-39)91-79(94-82)84-25-26-85-80-93-81(96-83(95-80)121-49-31-43(78(107)108)29-47(36-49)119-38-98)87-45-18-24-61(124(115,116)117)59(34-45)88-58-22-20-56-66-64(52-14-5-7-16-54(52)74(102)68(58)66)70(76(104)90-56)72(100)40-11-8-12-50(32-40)122(109,110)111/h1-24,27-32,34-38,86,88H,25-26,33H2,(H,89,103)(H,90,104)(H,105,106)(H,107,108)(H,109,110,111)(H,112,113,114)(H,115,116,117)(H,84,91,92,94)(H2,85,87,93,95,96). The van der Waals surface area contributed by atoms with Crippen molar-refractivity contribution in [2.75, 3.05) is 39.7 Å². The Hall–Kier alpha value is -16.5. The van der Waals surface area contributed by atoms with Gasteiger partial charge in [-0.15, -0.1) is 0 Å². The minimum absolute atomic E-state index is 0.00853. The molecule has 0 unspecified atom stereocenters. The van der Waals surface area contributed by atoms with Gasteiger partial charge in [0.25, 0.3) is 54.4 Å². The van der Waals surface area contributed by atoms with Crippen molar-refractivity contribution in [3.63, 3.8) is 0 Å². The smallest absolute Gasteiger partial charge is 0.335 e. The largest absolute Gasteiger partial charge is 0.478 e. The highest BCUT2D eigenvalue weighted by atomic mass is 32.2. The Kier molecular flexibility index (Phi) is 21.2. The van der Waals surface area contributed by atoms with E-state index in [9.17, 15) is 97.1 Å². The molecule has 0 spiro atoms. The van der Waals surface area contributed by atoms with E-state index in [4.69, 9.17) is 18.9 Å². The number of carbonyl (C=O) groups excluding carboxylic acids is 6. The minimum atomic E-state index is -5.20. The zero-order valence-electron chi connectivity index (χ0n) is 62.6. The zero-order chi connectivity index (χ0) is 87.4. The van der Waals surface area contributed by atoms with Gasteiger partial charge in [0, 0.05) is 98.2 Å². The van der Waals surface area contributed by atoms with Gasteiger partial charge in [-0.2, -0.15) is 55.2 Å². The Morgan fingerprint density at radius 2 is 0.871 bits per heavy atom. The average molecular weight is 1730 g/mol. The minimum Gasteiger partial charge on any atom is -0.478 e. The van der Waals surface area contributed by atoms with Crippen LogP contribution in [0.2, 0.25) is 0 Å². The van der Waals surface area contributed by atoms with E-state index in [0.29, 0.717) is 5.56 Å². The fourth-order valence-corrected chi connectivity index (χ4v) is 16.1. The quantitative estimate of drug-likeness (QED) is 0.00861. The van der Waals surface area contributed by atoms with Crippen LogP contribution < -0.4 is 56.6 Å². The number of carboxylic acid groups (broad SMARTS) is 2. The summed E-state index contributed by atoms with van der Waals surface area (Å²) in [6.07, 6.45) is -0.605. The first kappa shape index (κ1) is 81.3. The Bertz CT molecular complexity index is 7520. The van der Waals surface area contributed by atoms with Crippen molar-refractivity contribution in [1.29, 1.82) is 0 Å². The van der Waals surface area contributed by atoms with Crippen LogP contribution in [0.3, 0.4) is 0 Å². The van der Waals surface area contributed by atoms with Crippen molar-refractivity contribution in [3.05, 3.63) is 288 Å². The fourth-order valence-electron chi connectivity index (χ4n) is 14.2. The van der Waals surface area contributed by atoms with Crippen LogP contribution >= 0.6 is 0 Å². The summed E-state index contributed by atoms with van der Waals surface area (Å²) in [7, 11) is -15.2. The zero-order valence-corrected chi connectivity index (χ0v) is 65.1. The van der Waals surface area contributed by atoms with E-state index in [-0.39, 0.29) is 173 Å². The van der Waals surface area contributed by atoms with Gasteiger partial charge in [-0.05, 0) is 114 Å². The molecule has 0 bridgehead atoms. The SMILES string of the molecule is O=COc1cc(Oc2nc(Cc3cc(Nc4ccc5[nH]c(=O)c(C(=O)c6ccccc6)c6c5c4C(=O)c4ccccc4-6)ccc3S(=O)(=O)O)nc(NCCNc3nc(Nc4ccc(S(=O)(=O)O)c(Nc5ccc6[nH]c(=O)c(C(=O)c7cccc(S(=O)(=O)O)c7)c7c6c5C(=O)c5ccccc5-7)c4)nc(Oc4cc(OC=O)cc(C(=O)O)c4)n3)n2)cc(C(=O)O)c1. The molecule has 0 saturated heterocycles. The summed E-state index contributed by atoms with van der Waals surface area (Å²) in [5, 5.41) is 35.0. The van der Waals surface area contributed by atoms with Gasteiger partial charge in [0.1, 0.15) is 33.7 Å². The van der Waals surface area contributed by atoms with Crippen molar-refractivity contribution < 1.29 is 106 Å². The molecule has 124 heavy (non-hydrogen) atoms. The maximum absolute atomic E-state index is 14.9. The highest BCUT2D eigenvalue weighted by Gasteiger charge is 2.37. The first-order valence-corrected chi connectivity index (χ1v) is 40.5. The van der Waals surface area contributed by atoms with Crippen LogP contribution in [0.15, 0.2) is 224 Å². The van der Waals surface area contributed by atoms with Gasteiger partial charge < -0.3 is 65.7 Å². The normalized spacial score (nSPS) is 12.0. The molecule has 2 aliphatic carbocycles. The third-order valence-corrected chi connectivity index (χ3v) is 22.1. The summed E-state index contributed by atoms with van der Waals surface area (Å²) in [5.41, 5.74) is -3.56. The summed E-state index contributed by atoms with van der Waals surface area (Å²) in [6.45, 7) is -0.476. The number of aromatic carboxylic acids is 2. The lowest BCUT2D eigenvalue weighted by atomic mass is 9.80. The number of hydrogen-bond donors (Lipinski definition) is 12. The third kappa shape index (κ3) is 16.2. The molecule has 10 aromatic carbocycles. The number of ether oxygens (including phenoxy) is 4. The second kappa shape index (κ2) is 32.3. The number of ketones is 4. The maximum atomic E-state index is 14.9. The molecule has 14 aromatic rings. The Labute approximate surface area is 694 Å². The topological polar surface area (TPSA) is 580 Å².